The van der Waals surface area contributed by atoms with Gasteiger partial charge in [0.25, 0.3) is 5.91 Å². The molecule has 0 radical (unpaired) electrons. The Hall–Kier alpha value is -2.33. The summed E-state index contributed by atoms with van der Waals surface area (Å²) in [4.78, 5) is 24.3. The largest absolute Gasteiger partial charge is 0.462 e. The average molecular weight is 332 g/mol. The first-order chi connectivity index (χ1) is 10.9. The molecule has 0 atom stereocenters. The molecule has 4 nitrogen and oxygen atoms in total. The maximum atomic E-state index is 12.4. The molecule has 0 aliphatic carbocycles. The fourth-order valence-corrected chi connectivity index (χ4v) is 2.34. The second-order valence-corrected chi connectivity index (χ2v) is 5.59. The topological polar surface area (TPSA) is 55.4 Å². The van der Waals surface area contributed by atoms with E-state index in [9.17, 15) is 9.59 Å². The first-order valence-electron chi connectivity index (χ1n) is 7.27. The third-order valence-electron chi connectivity index (χ3n) is 3.36. The van der Waals surface area contributed by atoms with Gasteiger partial charge in [0.1, 0.15) is 0 Å². The summed E-state index contributed by atoms with van der Waals surface area (Å²) in [5.41, 5.74) is 3.20. The molecule has 0 aliphatic rings. The van der Waals surface area contributed by atoms with Crippen molar-refractivity contribution in [2.75, 3.05) is 11.9 Å². The van der Waals surface area contributed by atoms with Gasteiger partial charge in [-0.3, -0.25) is 4.79 Å². The van der Waals surface area contributed by atoms with E-state index >= 15 is 0 Å². The van der Waals surface area contributed by atoms with Crippen LogP contribution in [0.4, 0.5) is 5.69 Å². The second-order valence-electron chi connectivity index (χ2n) is 5.19. The molecular weight excluding hydrogens is 314 g/mol. The van der Waals surface area contributed by atoms with E-state index in [0.717, 1.165) is 11.1 Å². The van der Waals surface area contributed by atoms with Crippen molar-refractivity contribution in [2.45, 2.75) is 20.8 Å². The minimum absolute atomic E-state index is 0.229. The normalized spacial score (nSPS) is 10.3. The van der Waals surface area contributed by atoms with Gasteiger partial charge in [0, 0.05) is 11.3 Å². The van der Waals surface area contributed by atoms with Crippen LogP contribution < -0.4 is 5.32 Å². The number of benzene rings is 2. The van der Waals surface area contributed by atoms with Gasteiger partial charge in [0.05, 0.1) is 17.2 Å². The van der Waals surface area contributed by atoms with Crippen LogP contribution >= 0.6 is 11.6 Å². The van der Waals surface area contributed by atoms with Crippen LogP contribution in [0.15, 0.2) is 36.4 Å². The van der Waals surface area contributed by atoms with Gasteiger partial charge in [-0.15, -0.1) is 0 Å². The van der Waals surface area contributed by atoms with Gasteiger partial charge in [-0.25, -0.2) is 4.79 Å². The number of anilines is 1. The molecule has 0 unspecified atom stereocenters. The van der Waals surface area contributed by atoms with Gasteiger partial charge in [-0.1, -0.05) is 29.3 Å². The molecule has 0 saturated carbocycles. The number of aryl methyl sites for hydroxylation is 2. The monoisotopic (exact) mass is 331 g/mol. The highest BCUT2D eigenvalue weighted by atomic mass is 35.5. The second kappa shape index (κ2) is 7.29. The molecule has 5 heteroatoms. The molecule has 120 valence electrons. The molecule has 0 saturated heterocycles. The summed E-state index contributed by atoms with van der Waals surface area (Å²) in [6, 6.07) is 10.4. The number of rotatable bonds is 4. The van der Waals surface area contributed by atoms with Crippen molar-refractivity contribution < 1.29 is 14.3 Å². The lowest BCUT2D eigenvalue weighted by atomic mass is 10.0. The van der Waals surface area contributed by atoms with E-state index in [4.69, 9.17) is 16.3 Å². The third kappa shape index (κ3) is 4.11. The van der Waals surface area contributed by atoms with Crippen LogP contribution in [-0.4, -0.2) is 18.5 Å². The molecule has 2 rings (SSSR count). The quantitative estimate of drug-likeness (QED) is 0.845. The SMILES string of the molecule is CCOC(=O)c1cc(NC(=O)c2cc(C)ccc2C)ccc1Cl. The average Bonchev–Trinajstić information content (AvgIpc) is 2.51. The Balaban J connectivity index is 2.26. The van der Waals surface area contributed by atoms with Crippen LogP contribution in [0.5, 0.6) is 0 Å². The first-order valence-corrected chi connectivity index (χ1v) is 7.65. The van der Waals surface area contributed by atoms with Gasteiger partial charge in [0.2, 0.25) is 0 Å². The van der Waals surface area contributed by atoms with Crippen LogP contribution in [0, 0.1) is 13.8 Å². The highest BCUT2D eigenvalue weighted by molar-refractivity contribution is 6.33. The zero-order chi connectivity index (χ0) is 17.0. The van der Waals surface area contributed by atoms with Crippen molar-refractivity contribution in [3.05, 3.63) is 63.7 Å². The summed E-state index contributed by atoms with van der Waals surface area (Å²) in [7, 11) is 0. The van der Waals surface area contributed by atoms with E-state index in [1.807, 2.05) is 32.0 Å². The van der Waals surface area contributed by atoms with E-state index in [1.165, 1.54) is 6.07 Å². The number of hydrogen-bond donors (Lipinski definition) is 1. The predicted molar refractivity (Wildman–Crippen MR) is 91.3 cm³/mol. The lowest BCUT2D eigenvalue weighted by Crippen LogP contribution is -2.14. The maximum Gasteiger partial charge on any atom is 0.339 e. The number of halogens is 1. The summed E-state index contributed by atoms with van der Waals surface area (Å²) in [5, 5.41) is 3.07. The number of esters is 1. The molecule has 2 aromatic carbocycles. The molecule has 0 spiro atoms. The van der Waals surface area contributed by atoms with Crippen molar-refractivity contribution in [1.82, 2.24) is 0 Å². The molecule has 0 aliphatic heterocycles. The predicted octanol–water partition coefficient (Wildman–Crippen LogP) is 4.39. The molecule has 2 aromatic rings. The zero-order valence-electron chi connectivity index (χ0n) is 13.3. The van der Waals surface area contributed by atoms with Crippen molar-refractivity contribution in [3.8, 4) is 0 Å². The van der Waals surface area contributed by atoms with E-state index < -0.39 is 5.97 Å². The minimum Gasteiger partial charge on any atom is -0.462 e. The molecule has 0 aromatic heterocycles. The van der Waals surface area contributed by atoms with E-state index in [-0.39, 0.29) is 23.1 Å². The van der Waals surface area contributed by atoms with Gasteiger partial charge >= 0.3 is 5.97 Å². The third-order valence-corrected chi connectivity index (χ3v) is 3.69. The van der Waals surface area contributed by atoms with Crippen LogP contribution in [-0.2, 0) is 4.74 Å². The van der Waals surface area contributed by atoms with E-state index in [1.54, 1.807) is 19.1 Å². The lowest BCUT2D eigenvalue weighted by Gasteiger charge is -2.10. The molecule has 0 bridgehead atoms. The van der Waals surface area contributed by atoms with Crippen LogP contribution in [0.2, 0.25) is 5.02 Å². The highest BCUT2D eigenvalue weighted by Gasteiger charge is 2.14. The van der Waals surface area contributed by atoms with Crippen molar-refractivity contribution in [2.24, 2.45) is 0 Å². The molecule has 0 heterocycles. The number of carbonyl (C=O) groups is 2. The van der Waals surface area contributed by atoms with Gasteiger partial charge in [-0.2, -0.15) is 0 Å². The summed E-state index contributed by atoms with van der Waals surface area (Å²) in [6.07, 6.45) is 0. The molecule has 0 fully saturated rings. The van der Waals surface area contributed by atoms with Crippen molar-refractivity contribution in [1.29, 1.82) is 0 Å². The standard InChI is InChI=1S/C18H18ClNO3/c1-4-23-18(22)15-10-13(7-8-16(15)19)20-17(21)14-9-11(2)5-6-12(14)3/h5-10H,4H2,1-3H3,(H,20,21). The Kier molecular flexibility index (Phi) is 5.40. The van der Waals surface area contributed by atoms with Gasteiger partial charge in [0.15, 0.2) is 0 Å². The van der Waals surface area contributed by atoms with E-state index in [2.05, 4.69) is 5.32 Å². The first kappa shape index (κ1) is 17.0. The molecule has 1 N–H and O–H groups in total. The summed E-state index contributed by atoms with van der Waals surface area (Å²) in [6.45, 7) is 5.78. The Labute approximate surface area is 140 Å². The lowest BCUT2D eigenvalue weighted by molar-refractivity contribution is 0.0526. The maximum absolute atomic E-state index is 12.4. The number of amides is 1. The molecular formula is C18H18ClNO3. The Morgan fingerprint density at radius 2 is 1.83 bits per heavy atom. The molecule has 1 amide bonds. The number of carbonyl (C=O) groups excluding carboxylic acids is 2. The van der Waals surface area contributed by atoms with Crippen molar-refractivity contribution in [3.63, 3.8) is 0 Å². The smallest absolute Gasteiger partial charge is 0.339 e. The van der Waals surface area contributed by atoms with Gasteiger partial charge < -0.3 is 10.1 Å². The van der Waals surface area contributed by atoms with Crippen LogP contribution in [0.25, 0.3) is 0 Å². The summed E-state index contributed by atoms with van der Waals surface area (Å²) < 4.78 is 4.95. The Bertz CT molecular complexity index is 756. The fraction of sp³-hybridized carbons (Fsp3) is 0.222. The number of nitrogens with one attached hydrogen (secondary N) is 1. The molecule has 23 heavy (non-hydrogen) atoms. The van der Waals surface area contributed by atoms with E-state index in [0.29, 0.717) is 11.3 Å². The van der Waals surface area contributed by atoms with Crippen LogP contribution in [0.3, 0.4) is 0 Å². The van der Waals surface area contributed by atoms with Gasteiger partial charge in [-0.05, 0) is 50.6 Å². The summed E-state index contributed by atoms with van der Waals surface area (Å²) >= 11 is 6.01. The van der Waals surface area contributed by atoms with Crippen LogP contribution in [0.1, 0.15) is 38.8 Å². The zero-order valence-corrected chi connectivity index (χ0v) is 14.0. The minimum atomic E-state index is -0.514. The fourth-order valence-electron chi connectivity index (χ4n) is 2.15. The Morgan fingerprint density at radius 3 is 2.52 bits per heavy atom. The Morgan fingerprint density at radius 1 is 1.09 bits per heavy atom. The summed E-state index contributed by atoms with van der Waals surface area (Å²) in [5.74, 6) is -0.747. The van der Waals surface area contributed by atoms with Crippen molar-refractivity contribution >= 4 is 29.2 Å². The number of hydrogen-bond acceptors (Lipinski definition) is 3. The highest BCUT2D eigenvalue weighted by Crippen LogP contribution is 2.22. The number of ether oxygens (including phenoxy) is 1.